The van der Waals surface area contributed by atoms with Gasteiger partial charge in [0.15, 0.2) is 0 Å². The average Bonchev–Trinajstić information content (AvgIpc) is 2.94. The number of aromatic nitrogens is 2. The lowest BCUT2D eigenvalue weighted by atomic mass is 10.0. The average molecular weight is 300 g/mol. The van der Waals surface area contributed by atoms with Crippen molar-refractivity contribution < 1.29 is 9.13 Å². The van der Waals surface area contributed by atoms with Gasteiger partial charge in [0, 0.05) is 31.1 Å². The molecule has 0 bridgehead atoms. The molecule has 3 rings (SSSR count). The molecule has 0 saturated carbocycles. The van der Waals surface area contributed by atoms with Crippen molar-refractivity contribution in [1.29, 1.82) is 0 Å². The van der Waals surface area contributed by atoms with Crippen molar-refractivity contribution in [3.05, 3.63) is 53.7 Å². The molecule has 0 spiro atoms. The van der Waals surface area contributed by atoms with Crippen LogP contribution in [0.1, 0.15) is 12.5 Å². The number of ether oxygens (including phenoxy) is 1. The van der Waals surface area contributed by atoms with E-state index >= 15 is 0 Å². The first-order valence-electron chi connectivity index (χ1n) is 6.91. The molecule has 1 aliphatic rings. The minimum absolute atomic E-state index is 0.333. The number of benzene rings is 1. The number of rotatable bonds is 3. The minimum Gasteiger partial charge on any atom is -0.497 e. The Labute approximate surface area is 128 Å². The number of methoxy groups -OCH3 is 1. The van der Waals surface area contributed by atoms with Crippen LogP contribution in [0.5, 0.6) is 5.75 Å². The fourth-order valence-electron chi connectivity index (χ4n) is 2.43. The molecule has 6 heteroatoms. The maximum absolute atomic E-state index is 14.2. The van der Waals surface area contributed by atoms with Crippen LogP contribution >= 0.6 is 0 Å². The summed E-state index contributed by atoms with van der Waals surface area (Å²) in [5.41, 5.74) is 3.01. The van der Waals surface area contributed by atoms with Gasteiger partial charge in [-0.15, -0.1) is 0 Å². The second-order valence-electron chi connectivity index (χ2n) is 5.15. The Morgan fingerprint density at radius 2 is 2.14 bits per heavy atom. The summed E-state index contributed by atoms with van der Waals surface area (Å²) in [5, 5.41) is 4.15. The quantitative estimate of drug-likeness (QED) is 0.875. The Morgan fingerprint density at radius 1 is 1.32 bits per heavy atom. The molecule has 1 aromatic carbocycles. The summed E-state index contributed by atoms with van der Waals surface area (Å²) in [6.07, 6.45) is 5.65. The van der Waals surface area contributed by atoms with Crippen LogP contribution < -0.4 is 9.64 Å². The predicted molar refractivity (Wildman–Crippen MR) is 83.8 cm³/mol. The summed E-state index contributed by atoms with van der Waals surface area (Å²) in [6.45, 7) is 2.36. The first-order chi connectivity index (χ1) is 10.6. The van der Waals surface area contributed by atoms with Gasteiger partial charge in [-0.1, -0.05) is 0 Å². The molecule has 0 N–H and O–H groups in total. The topological polar surface area (TPSA) is 42.6 Å². The third kappa shape index (κ3) is 2.59. The van der Waals surface area contributed by atoms with Gasteiger partial charge >= 0.3 is 0 Å². The van der Waals surface area contributed by atoms with E-state index in [9.17, 15) is 4.39 Å². The largest absolute Gasteiger partial charge is 0.497 e. The standard InChI is InChI=1S/C16H17FN4O/c1-11-8-21(12-7-19-20(2)9-12)10-18-16(11)14-5-4-13(22-3)6-15(14)17/h4-9H,10H2,1-3H3. The highest BCUT2D eigenvalue weighted by molar-refractivity contribution is 6.13. The second-order valence-corrected chi connectivity index (χ2v) is 5.15. The fourth-order valence-corrected chi connectivity index (χ4v) is 2.43. The van der Waals surface area contributed by atoms with Crippen LogP contribution in [-0.2, 0) is 7.05 Å². The highest BCUT2D eigenvalue weighted by atomic mass is 19.1. The van der Waals surface area contributed by atoms with Gasteiger partial charge in [-0.2, -0.15) is 5.10 Å². The maximum Gasteiger partial charge on any atom is 0.136 e. The van der Waals surface area contributed by atoms with Crippen LogP contribution in [0, 0.1) is 5.82 Å². The third-order valence-electron chi connectivity index (χ3n) is 3.56. The molecule has 1 aromatic heterocycles. The van der Waals surface area contributed by atoms with Crippen molar-refractivity contribution in [2.75, 3.05) is 18.7 Å². The molecule has 0 unspecified atom stereocenters. The number of hydrogen-bond donors (Lipinski definition) is 0. The van der Waals surface area contributed by atoms with Gasteiger partial charge < -0.3 is 9.64 Å². The second kappa shape index (κ2) is 5.63. The molecule has 0 radical (unpaired) electrons. The molecular formula is C16H17FN4O. The Kier molecular flexibility index (Phi) is 3.66. The molecule has 1 aliphatic heterocycles. The van der Waals surface area contributed by atoms with Crippen molar-refractivity contribution in [2.24, 2.45) is 12.0 Å². The van der Waals surface area contributed by atoms with E-state index in [2.05, 4.69) is 10.1 Å². The van der Waals surface area contributed by atoms with Crippen LogP contribution in [-0.4, -0.2) is 29.3 Å². The van der Waals surface area contributed by atoms with Crippen molar-refractivity contribution in [1.82, 2.24) is 9.78 Å². The molecule has 0 fully saturated rings. The first kappa shape index (κ1) is 14.3. The molecular weight excluding hydrogens is 283 g/mol. The lowest BCUT2D eigenvalue weighted by molar-refractivity contribution is 0.411. The summed E-state index contributed by atoms with van der Waals surface area (Å²) in [5.74, 6) is 0.164. The predicted octanol–water partition coefficient (Wildman–Crippen LogP) is 2.74. The van der Waals surface area contributed by atoms with Gasteiger partial charge in [0.2, 0.25) is 0 Å². The van der Waals surface area contributed by atoms with Crippen LogP contribution in [0.25, 0.3) is 0 Å². The summed E-state index contributed by atoms with van der Waals surface area (Å²) in [7, 11) is 3.38. The van der Waals surface area contributed by atoms with Crippen molar-refractivity contribution >= 4 is 11.4 Å². The molecule has 114 valence electrons. The van der Waals surface area contributed by atoms with Gasteiger partial charge in [0.05, 0.1) is 24.7 Å². The van der Waals surface area contributed by atoms with Gasteiger partial charge in [0.1, 0.15) is 18.2 Å². The number of aliphatic imine (C=N–C) groups is 1. The van der Waals surface area contributed by atoms with Crippen LogP contribution in [0.15, 0.2) is 47.4 Å². The van der Waals surface area contributed by atoms with Gasteiger partial charge in [-0.25, -0.2) is 4.39 Å². The molecule has 2 heterocycles. The molecule has 22 heavy (non-hydrogen) atoms. The summed E-state index contributed by atoms with van der Waals surface area (Å²) < 4.78 is 21.0. The maximum atomic E-state index is 14.2. The molecule has 2 aromatic rings. The number of allylic oxidation sites excluding steroid dienone is 1. The van der Waals surface area contributed by atoms with E-state index in [0.29, 0.717) is 23.7 Å². The van der Waals surface area contributed by atoms with E-state index in [1.165, 1.54) is 13.2 Å². The fraction of sp³-hybridized carbons (Fsp3) is 0.250. The molecule has 5 nitrogen and oxygen atoms in total. The van der Waals surface area contributed by atoms with Gasteiger partial charge in [-0.05, 0) is 24.6 Å². The highest BCUT2D eigenvalue weighted by Crippen LogP contribution is 2.24. The third-order valence-corrected chi connectivity index (χ3v) is 3.56. The van der Waals surface area contributed by atoms with E-state index in [4.69, 9.17) is 4.74 Å². The number of nitrogens with zero attached hydrogens (tertiary/aromatic N) is 4. The van der Waals surface area contributed by atoms with E-state index in [0.717, 1.165) is 11.3 Å². The molecule has 0 aliphatic carbocycles. The summed E-state index contributed by atoms with van der Waals surface area (Å²) in [6, 6.07) is 4.81. The lowest BCUT2D eigenvalue weighted by Gasteiger charge is -2.23. The smallest absolute Gasteiger partial charge is 0.136 e. The van der Waals surface area contributed by atoms with E-state index in [-0.39, 0.29) is 5.82 Å². The number of anilines is 1. The van der Waals surface area contributed by atoms with Gasteiger partial charge in [0.25, 0.3) is 0 Å². The highest BCUT2D eigenvalue weighted by Gasteiger charge is 2.18. The SMILES string of the molecule is COc1ccc(C2=NCN(c3cnn(C)c3)C=C2C)c(F)c1. The minimum atomic E-state index is -0.333. The summed E-state index contributed by atoms with van der Waals surface area (Å²) in [4.78, 5) is 6.50. The van der Waals surface area contributed by atoms with Crippen LogP contribution in [0.2, 0.25) is 0 Å². The lowest BCUT2D eigenvalue weighted by Crippen LogP contribution is -2.24. The zero-order chi connectivity index (χ0) is 15.7. The zero-order valence-corrected chi connectivity index (χ0v) is 12.7. The van der Waals surface area contributed by atoms with Crippen molar-refractivity contribution in [3.63, 3.8) is 0 Å². The Morgan fingerprint density at radius 3 is 2.73 bits per heavy atom. The van der Waals surface area contributed by atoms with Crippen molar-refractivity contribution in [3.8, 4) is 5.75 Å². The molecule has 0 amide bonds. The van der Waals surface area contributed by atoms with Crippen LogP contribution in [0.4, 0.5) is 10.1 Å². The summed E-state index contributed by atoms with van der Waals surface area (Å²) >= 11 is 0. The number of aryl methyl sites for hydroxylation is 1. The molecule has 0 saturated heterocycles. The number of hydrogen-bond acceptors (Lipinski definition) is 4. The van der Waals surface area contributed by atoms with E-state index < -0.39 is 0 Å². The van der Waals surface area contributed by atoms with E-state index in [1.807, 2.05) is 31.3 Å². The first-order valence-corrected chi connectivity index (χ1v) is 6.91. The monoisotopic (exact) mass is 300 g/mol. The number of halogens is 1. The normalized spacial score (nSPS) is 14.6. The molecule has 0 atom stereocenters. The van der Waals surface area contributed by atoms with Crippen LogP contribution in [0.3, 0.4) is 0 Å². The van der Waals surface area contributed by atoms with E-state index in [1.54, 1.807) is 23.0 Å². The van der Waals surface area contributed by atoms with Crippen molar-refractivity contribution in [2.45, 2.75) is 6.92 Å². The Hall–Kier alpha value is -2.63. The zero-order valence-electron chi connectivity index (χ0n) is 12.7. The Balaban J connectivity index is 1.88. The Bertz CT molecular complexity index is 763. The van der Waals surface area contributed by atoms with Gasteiger partial charge in [-0.3, -0.25) is 9.67 Å².